The number of methoxy groups -OCH3 is 1. The molecular formula is C31H38N3O5+. The summed E-state index contributed by atoms with van der Waals surface area (Å²) < 4.78 is 12.0. The molecule has 0 saturated carbocycles. The lowest BCUT2D eigenvalue weighted by molar-refractivity contribution is -0.896. The number of likely N-dealkylation sites (tertiary alicyclic amines) is 1. The number of aryl methyl sites for hydroxylation is 1. The second-order valence-corrected chi connectivity index (χ2v) is 10.6. The summed E-state index contributed by atoms with van der Waals surface area (Å²) in [7, 11) is 5.92. The highest BCUT2D eigenvalue weighted by molar-refractivity contribution is 5.92. The molecule has 1 fully saturated rings. The van der Waals surface area contributed by atoms with Crippen molar-refractivity contribution in [2.45, 2.75) is 38.4 Å². The molecule has 1 aliphatic heterocycles. The van der Waals surface area contributed by atoms with Crippen LogP contribution in [0.2, 0.25) is 0 Å². The second-order valence-electron chi connectivity index (χ2n) is 10.6. The lowest BCUT2D eigenvalue weighted by atomic mass is 9.99. The minimum absolute atomic E-state index is 0.0751. The van der Waals surface area contributed by atoms with Crippen molar-refractivity contribution in [2.75, 3.05) is 44.9 Å². The average Bonchev–Trinajstić information content (AvgIpc) is 2.94. The fraction of sp³-hybridized carbons (Fsp3) is 0.355. The molecule has 8 heteroatoms. The quantitative estimate of drug-likeness (QED) is 0.329. The molecule has 0 aliphatic carbocycles. The van der Waals surface area contributed by atoms with Gasteiger partial charge < -0.3 is 24.4 Å². The van der Waals surface area contributed by atoms with Crippen molar-refractivity contribution >= 4 is 23.4 Å². The fourth-order valence-corrected chi connectivity index (χ4v) is 4.80. The number of rotatable bonds is 9. The van der Waals surface area contributed by atoms with Crippen molar-refractivity contribution in [1.82, 2.24) is 0 Å². The number of carbonyl (C=O) groups excluding carboxylic acids is 2. The highest BCUT2D eigenvalue weighted by atomic mass is 16.6. The van der Waals surface area contributed by atoms with E-state index in [9.17, 15) is 14.7 Å². The molecule has 0 unspecified atom stereocenters. The van der Waals surface area contributed by atoms with E-state index in [0.717, 1.165) is 47.1 Å². The summed E-state index contributed by atoms with van der Waals surface area (Å²) >= 11 is 0. The smallest absolute Gasteiger partial charge is 0.411 e. The Kier molecular flexibility index (Phi) is 9.22. The third kappa shape index (κ3) is 7.81. The van der Waals surface area contributed by atoms with Gasteiger partial charge in [0, 0.05) is 42.1 Å². The monoisotopic (exact) mass is 532 g/mol. The van der Waals surface area contributed by atoms with Crippen LogP contribution < -0.4 is 15.4 Å². The molecule has 3 aromatic rings. The van der Waals surface area contributed by atoms with E-state index in [0.29, 0.717) is 29.1 Å². The van der Waals surface area contributed by atoms with Gasteiger partial charge in [0.1, 0.15) is 11.9 Å². The summed E-state index contributed by atoms with van der Waals surface area (Å²) in [6.07, 6.45) is 1.99. The van der Waals surface area contributed by atoms with Gasteiger partial charge in [0.15, 0.2) is 0 Å². The van der Waals surface area contributed by atoms with E-state index in [1.807, 2.05) is 48.5 Å². The minimum atomic E-state index is -0.445. The van der Waals surface area contributed by atoms with Crippen LogP contribution in [-0.4, -0.2) is 62.0 Å². The third-order valence-electron chi connectivity index (χ3n) is 7.17. The largest absolute Gasteiger partial charge is 0.496 e. The Bertz CT molecular complexity index is 1280. The van der Waals surface area contributed by atoms with Crippen LogP contribution in [0.4, 0.5) is 16.2 Å². The molecule has 0 spiro atoms. The first-order valence-corrected chi connectivity index (χ1v) is 13.3. The van der Waals surface area contributed by atoms with Crippen molar-refractivity contribution in [2.24, 2.45) is 0 Å². The van der Waals surface area contributed by atoms with Gasteiger partial charge in [-0.15, -0.1) is 0 Å². The highest BCUT2D eigenvalue weighted by Crippen LogP contribution is 2.30. The molecule has 1 aliphatic rings. The number of ether oxygens (including phenoxy) is 2. The van der Waals surface area contributed by atoms with Crippen LogP contribution in [0, 0.1) is 0 Å². The summed E-state index contributed by atoms with van der Waals surface area (Å²) in [6.45, 7) is 1.83. The molecule has 0 atom stereocenters. The Morgan fingerprint density at radius 3 is 2.41 bits per heavy atom. The summed E-state index contributed by atoms with van der Waals surface area (Å²) in [6, 6.07) is 20.8. The van der Waals surface area contributed by atoms with E-state index in [1.54, 1.807) is 18.2 Å². The van der Waals surface area contributed by atoms with Gasteiger partial charge in [-0.05, 0) is 35.7 Å². The van der Waals surface area contributed by atoms with Crippen LogP contribution in [0.25, 0.3) is 11.1 Å². The van der Waals surface area contributed by atoms with Gasteiger partial charge in [-0.25, -0.2) is 4.79 Å². The van der Waals surface area contributed by atoms with Gasteiger partial charge in [-0.1, -0.05) is 42.5 Å². The van der Waals surface area contributed by atoms with Gasteiger partial charge in [0.25, 0.3) is 0 Å². The van der Waals surface area contributed by atoms with Crippen LogP contribution in [0.3, 0.4) is 0 Å². The van der Waals surface area contributed by atoms with E-state index in [2.05, 4.69) is 24.7 Å². The number of anilines is 2. The summed E-state index contributed by atoms with van der Waals surface area (Å²) in [5.41, 5.74) is 4.75. The molecule has 3 aromatic carbocycles. The van der Waals surface area contributed by atoms with E-state index < -0.39 is 6.09 Å². The Hall–Kier alpha value is -3.88. The molecule has 0 aromatic heterocycles. The van der Waals surface area contributed by atoms with E-state index >= 15 is 0 Å². The number of aliphatic hydroxyl groups excluding tert-OH is 1. The van der Waals surface area contributed by atoms with Gasteiger partial charge in [-0.3, -0.25) is 10.1 Å². The predicted octanol–water partition coefficient (Wildman–Crippen LogP) is 5.21. The molecule has 0 radical (unpaired) electrons. The Morgan fingerprint density at radius 1 is 0.974 bits per heavy atom. The van der Waals surface area contributed by atoms with Crippen LogP contribution in [0.1, 0.15) is 30.4 Å². The number of aliphatic hydroxyl groups is 1. The zero-order chi connectivity index (χ0) is 27.8. The van der Waals surface area contributed by atoms with Gasteiger partial charge in [0.2, 0.25) is 5.91 Å². The molecule has 8 nitrogen and oxygen atoms in total. The van der Waals surface area contributed by atoms with Gasteiger partial charge in [-0.2, -0.15) is 0 Å². The number of hydrogen-bond donors (Lipinski definition) is 3. The topological polar surface area (TPSA) is 96.9 Å². The Morgan fingerprint density at radius 2 is 1.72 bits per heavy atom. The molecule has 1 saturated heterocycles. The van der Waals surface area contributed by atoms with E-state index in [4.69, 9.17) is 9.47 Å². The summed E-state index contributed by atoms with van der Waals surface area (Å²) in [5, 5.41) is 15.2. The first-order valence-electron chi connectivity index (χ1n) is 13.3. The number of benzene rings is 3. The predicted molar refractivity (Wildman–Crippen MR) is 153 cm³/mol. The first-order chi connectivity index (χ1) is 18.8. The maximum Gasteiger partial charge on any atom is 0.411 e. The number of nitrogens with one attached hydrogen (secondary N) is 2. The molecule has 3 N–H and O–H groups in total. The van der Waals surface area contributed by atoms with Crippen LogP contribution in [-0.2, 0) is 22.6 Å². The molecule has 39 heavy (non-hydrogen) atoms. The van der Waals surface area contributed by atoms with E-state index in [-0.39, 0.29) is 25.0 Å². The number of amides is 2. The number of piperidine rings is 1. The second kappa shape index (κ2) is 12.8. The Labute approximate surface area is 230 Å². The zero-order valence-corrected chi connectivity index (χ0v) is 22.9. The molecule has 2 amide bonds. The Balaban J connectivity index is 1.41. The lowest BCUT2D eigenvalue weighted by Gasteiger charge is -2.36. The number of quaternary nitrogens is 1. The van der Waals surface area contributed by atoms with Crippen LogP contribution in [0.15, 0.2) is 66.7 Å². The summed E-state index contributed by atoms with van der Waals surface area (Å²) in [4.78, 5) is 25.4. The number of nitrogens with zero attached hydrogens (tertiary/aromatic N) is 1. The maximum atomic E-state index is 12.8. The maximum absolute atomic E-state index is 12.8. The SMILES string of the molecule is COc1cc(NC(=O)CCc2ccc(NC(=O)OC3CC[N+](C)(C)CC3)c(-c3ccccc3)c2)ccc1CO. The van der Waals surface area contributed by atoms with Crippen LogP contribution in [0.5, 0.6) is 5.75 Å². The molecule has 0 bridgehead atoms. The number of carbonyl (C=O) groups is 2. The highest BCUT2D eigenvalue weighted by Gasteiger charge is 2.28. The molecular weight excluding hydrogens is 494 g/mol. The van der Waals surface area contributed by atoms with Crippen LogP contribution >= 0.6 is 0 Å². The molecule has 206 valence electrons. The van der Waals surface area contributed by atoms with Crippen molar-refractivity contribution in [3.63, 3.8) is 0 Å². The van der Waals surface area contributed by atoms with Gasteiger partial charge in [0.05, 0.1) is 46.6 Å². The average molecular weight is 533 g/mol. The lowest BCUT2D eigenvalue weighted by Crippen LogP contribution is -2.48. The summed E-state index contributed by atoms with van der Waals surface area (Å²) in [5.74, 6) is 0.394. The van der Waals surface area contributed by atoms with E-state index in [1.165, 1.54) is 7.11 Å². The van der Waals surface area contributed by atoms with Crippen molar-refractivity contribution in [1.29, 1.82) is 0 Å². The van der Waals surface area contributed by atoms with Crippen molar-refractivity contribution in [3.8, 4) is 16.9 Å². The number of hydrogen-bond acceptors (Lipinski definition) is 5. The van der Waals surface area contributed by atoms with Gasteiger partial charge >= 0.3 is 6.09 Å². The zero-order valence-electron chi connectivity index (χ0n) is 22.9. The first kappa shape index (κ1) is 28.1. The molecule has 4 rings (SSSR count). The fourth-order valence-electron chi connectivity index (χ4n) is 4.80. The van der Waals surface area contributed by atoms with Crippen molar-refractivity contribution in [3.05, 3.63) is 77.9 Å². The standard InChI is InChI=1S/C31H37N3O5/c1-34(2)17-15-26(16-18-34)39-31(37)33-28-13-9-22(19-27(28)23-7-5-4-6-8-23)10-14-30(36)32-25-12-11-24(21-35)29(20-25)38-3/h4-9,11-13,19-20,26,35H,10,14-18,21H2,1-3H3,(H-,32,33,36,37)/p+1. The molecule has 1 heterocycles. The van der Waals surface area contributed by atoms with Crippen molar-refractivity contribution < 1.29 is 28.7 Å². The minimum Gasteiger partial charge on any atom is -0.496 e. The normalized spacial score (nSPS) is 14.9. The third-order valence-corrected chi connectivity index (χ3v) is 7.17.